The highest BCUT2D eigenvalue weighted by Crippen LogP contribution is 2.15. The van der Waals surface area contributed by atoms with Crippen LogP contribution in [-0.4, -0.2) is 18.1 Å². The maximum absolute atomic E-state index is 4.34. The Morgan fingerprint density at radius 2 is 2.31 bits per heavy atom. The van der Waals surface area contributed by atoms with Gasteiger partial charge in [0.2, 0.25) is 0 Å². The van der Waals surface area contributed by atoms with E-state index < -0.39 is 0 Å². The van der Waals surface area contributed by atoms with Gasteiger partial charge in [-0.2, -0.15) is 0 Å². The van der Waals surface area contributed by atoms with Crippen molar-refractivity contribution in [3.8, 4) is 0 Å². The van der Waals surface area contributed by atoms with Crippen LogP contribution in [0.15, 0.2) is 36.0 Å². The average molecular weight is 174 g/mol. The predicted octanol–water partition coefficient (Wildman–Crippen LogP) is 2.24. The molecule has 1 aliphatic rings. The Labute approximate surface area is 78.9 Å². The molecular weight excluding hydrogens is 160 g/mol. The number of nitrogens with zero attached hydrogens (tertiary/aromatic N) is 2. The van der Waals surface area contributed by atoms with Gasteiger partial charge in [-0.3, -0.25) is 0 Å². The molecule has 0 N–H and O–H groups in total. The molecule has 0 aromatic carbocycles. The van der Waals surface area contributed by atoms with Crippen LogP contribution in [0.5, 0.6) is 0 Å². The van der Waals surface area contributed by atoms with E-state index in [1.54, 1.807) is 0 Å². The van der Waals surface area contributed by atoms with E-state index in [1.165, 1.54) is 5.57 Å². The van der Waals surface area contributed by atoms with E-state index >= 15 is 0 Å². The number of hydrogen-bond acceptors (Lipinski definition) is 2. The molecule has 2 heteroatoms. The molecule has 2 nitrogen and oxygen atoms in total. The Balaban J connectivity index is 2.15. The van der Waals surface area contributed by atoms with Crippen LogP contribution in [0.4, 0.5) is 5.82 Å². The molecule has 2 heterocycles. The fraction of sp³-hybridized carbons (Fsp3) is 0.364. The lowest BCUT2D eigenvalue weighted by molar-refractivity contribution is 0.778. The molecule has 0 spiro atoms. The van der Waals surface area contributed by atoms with E-state index in [2.05, 4.69) is 29.0 Å². The maximum atomic E-state index is 4.34. The zero-order valence-corrected chi connectivity index (χ0v) is 7.90. The van der Waals surface area contributed by atoms with Gasteiger partial charge in [-0.25, -0.2) is 4.98 Å². The molecule has 1 aromatic heterocycles. The van der Waals surface area contributed by atoms with Crippen LogP contribution >= 0.6 is 0 Å². The summed E-state index contributed by atoms with van der Waals surface area (Å²) in [6, 6.07) is 6.06. The predicted molar refractivity (Wildman–Crippen MR) is 54.8 cm³/mol. The molecule has 0 fully saturated rings. The lowest BCUT2D eigenvalue weighted by atomic mass is 10.1. The van der Waals surface area contributed by atoms with Crippen LogP contribution in [0.1, 0.15) is 13.3 Å². The van der Waals surface area contributed by atoms with E-state index in [0.29, 0.717) is 0 Å². The molecule has 0 unspecified atom stereocenters. The van der Waals surface area contributed by atoms with Gasteiger partial charge in [0, 0.05) is 19.3 Å². The van der Waals surface area contributed by atoms with Crippen LogP contribution in [0, 0.1) is 0 Å². The summed E-state index contributed by atoms with van der Waals surface area (Å²) >= 11 is 0. The summed E-state index contributed by atoms with van der Waals surface area (Å²) in [6.45, 7) is 4.29. The second-order valence-electron chi connectivity index (χ2n) is 3.45. The number of anilines is 1. The third kappa shape index (κ3) is 1.89. The van der Waals surface area contributed by atoms with Crippen molar-refractivity contribution in [2.75, 3.05) is 18.0 Å². The quantitative estimate of drug-likeness (QED) is 0.607. The lowest BCUT2D eigenvalue weighted by Gasteiger charge is -2.26. The fourth-order valence-corrected chi connectivity index (χ4v) is 1.65. The Hall–Kier alpha value is -1.31. The molecule has 2 rings (SSSR count). The first-order valence-corrected chi connectivity index (χ1v) is 4.68. The SMILES string of the molecule is CC1=CCCN(c2ccccn2)C1. The molecule has 0 aliphatic carbocycles. The summed E-state index contributed by atoms with van der Waals surface area (Å²) in [5, 5.41) is 0. The van der Waals surface area contributed by atoms with E-state index in [0.717, 1.165) is 25.3 Å². The van der Waals surface area contributed by atoms with Crippen molar-refractivity contribution < 1.29 is 0 Å². The minimum atomic E-state index is 1.02. The zero-order valence-electron chi connectivity index (χ0n) is 7.90. The van der Waals surface area contributed by atoms with Gasteiger partial charge in [-0.15, -0.1) is 0 Å². The summed E-state index contributed by atoms with van der Waals surface area (Å²) in [7, 11) is 0. The number of pyridine rings is 1. The zero-order chi connectivity index (χ0) is 9.10. The minimum Gasteiger partial charge on any atom is -0.352 e. The number of hydrogen-bond donors (Lipinski definition) is 0. The van der Waals surface area contributed by atoms with Gasteiger partial charge in [0.15, 0.2) is 0 Å². The van der Waals surface area contributed by atoms with Gasteiger partial charge in [0.05, 0.1) is 0 Å². The molecule has 0 bridgehead atoms. The van der Waals surface area contributed by atoms with Gasteiger partial charge in [0.25, 0.3) is 0 Å². The third-order valence-electron chi connectivity index (χ3n) is 2.31. The molecule has 0 amide bonds. The van der Waals surface area contributed by atoms with Crippen molar-refractivity contribution >= 4 is 5.82 Å². The van der Waals surface area contributed by atoms with Gasteiger partial charge >= 0.3 is 0 Å². The van der Waals surface area contributed by atoms with Crippen molar-refractivity contribution in [3.05, 3.63) is 36.0 Å². The first kappa shape index (κ1) is 8.30. The monoisotopic (exact) mass is 174 g/mol. The summed E-state index contributed by atoms with van der Waals surface area (Å²) in [6.07, 6.45) is 5.30. The van der Waals surface area contributed by atoms with Crippen molar-refractivity contribution in [3.63, 3.8) is 0 Å². The van der Waals surface area contributed by atoms with Crippen molar-refractivity contribution in [2.24, 2.45) is 0 Å². The largest absolute Gasteiger partial charge is 0.352 e. The molecule has 1 aliphatic heterocycles. The average Bonchev–Trinajstić information content (AvgIpc) is 2.19. The molecule has 0 saturated heterocycles. The summed E-state index contributed by atoms with van der Waals surface area (Å²) in [5.74, 6) is 1.09. The van der Waals surface area contributed by atoms with E-state index in [1.807, 2.05) is 18.3 Å². The van der Waals surface area contributed by atoms with Gasteiger partial charge in [-0.05, 0) is 25.5 Å². The second-order valence-corrected chi connectivity index (χ2v) is 3.45. The molecular formula is C11H14N2. The van der Waals surface area contributed by atoms with Crippen molar-refractivity contribution in [1.29, 1.82) is 0 Å². The van der Waals surface area contributed by atoms with Crippen molar-refractivity contribution in [1.82, 2.24) is 4.98 Å². The van der Waals surface area contributed by atoms with Crippen LogP contribution in [0.2, 0.25) is 0 Å². The molecule has 1 aromatic rings. The van der Waals surface area contributed by atoms with Gasteiger partial charge in [-0.1, -0.05) is 17.7 Å². The highest BCUT2D eigenvalue weighted by atomic mass is 15.2. The van der Waals surface area contributed by atoms with Crippen molar-refractivity contribution in [2.45, 2.75) is 13.3 Å². The van der Waals surface area contributed by atoms with Crippen LogP contribution in [0.25, 0.3) is 0 Å². The van der Waals surface area contributed by atoms with E-state index in [9.17, 15) is 0 Å². The summed E-state index contributed by atoms with van der Waals surface area (Å²) < 4.78 is 0. The standard InChI is InChI=1S/C11H14N2/c1-10-5-4-8-13(9-10)11-6-2-3-7-12-11/h2-3,5-7H,4,8-9H2,1H3. The highest BCUT2D eigenvalue weighted by Gasteiger charge is 2.10. The Morgan fingerprint density at radius 3 is 3.00 bits per heavy atom. The summed E-state index contributed by atoms with van der Waals surface area (Å²) in [4.78, 5) is 6.65. The molecule has 68 valence electrons. The maximum Gasteiger partial charge on any atom is 0.128 e. The minimum absolute atomic E-state index is 1.02. The number of rotatable bonds is 1. The van der Waals surface area contributed by atoms with Gasteiger partial charge in [0.1, 0.15) is 5.82 Å². The first-order chi connectivity index (χ1) is 6.36. The first-order valence-electron chi connectivity index (χ1n) is 4.68. The fourth-order valence-electron chi connectivity index (χ4n) is 1.65. The highest BCUT2D eigenvalue weighted by molar-refractivity contribution is 5.40. The Kier molecular flexibility index (Phi) is 2.30. The smallest absolute Gasteiger partial charge is 0.128 e. The molecule has 0 radical (unpaired) electrons. The lowest BCUT2D eigenvalue weighted by Crippen LogP contribution is -2.29. The van der Waals surface area contributed by atoms with Gasteiger partial charge < -0.3 is 4.90 Å². The molecule has 0 saturated carbocycles. The normalized spacial score (nSPS) is 17.0. The van der Waals surface area contributed by atoms with Crippen LogP contribution in [0.3, 0.4) is 0 Å². The molecule has 0 atom stereocenters. The second kappa shape index (κ2) is 3.60. The van der Waals surface area contributed by atoms with Crippen LogP contribution < -0.4 is 4.90 Å². The van der Waals surface area contributed by atoms with E-state index in [4.69, 9.17) is 0 Å². The topological polar surface area (TPSA) is 16.1 Å². The molecule has 13 heavy (non-hydrogen) atoms. The third-order valence-corrected chi connectivity index (χ3v) is 2.31. The Bertz CT molecular complexity index is 303. The number of aromatic nitrogens is 1. The van der Waals surface area contributed by atoms with E-state index in [-0.39, 0.29) is 0 Å². The summed E-state index contributed by atoms with van der Waals surface area (Å²) in [5.41, 5.74) is 1.44. The van der Waals surface area contributed by atoms with Crippen LogP contribution in [-0.2, 0) is 0 Å². The Morgan fingerprint density at radius 1 is 1.38 bits per heavy atom.